The normalized spacial score (nSPS) is 6.60. The molecule has 0 amide bonds. The molecule has 0 aromatic rings. The summed E-state index contributed by atoms with van der Waals surface area (Å²) >= 11 is 0. The van der Waals surface area contributed by atoms with Crippen LogP contribution in [0, 0.1) is 0 Å². The van der Waals surface area contributed by atoms with Gasteiger partial charge in [0.1, 0.15) is 0 Å². The number of carboxylic acid groups (broad SMARTS) is 6. The minimum absolute atomic E-state index is 0. The number of aliphatic carboxylic acids is 6. The molecule has 0 unspecified atom stereocenters. The Balaban J connectivity index is -0.0000000536. The Hall–Kier alpha value is -1.44. The van der Waals surface area contributed by atoms with Gasteiger partial charge in [-0.05, 0) is 0 Å². The van der Waals surface area contributed by atoms with Gasteiger partial charge in [0.2, 0.25) is 0 Å². The van der Waals surface area contributed by atoms with Crippen molar-refractivity contribution in [3.8, 4) is 0 Å². The van der Waals surface area contributed by atoms with E-state index >= 15 is 0 Å². The summed E-state index contributed by atoms with van der Waals surface area (Å²) in [6, 6.07) is 0. The van der Waals surface area contributed by atoms with Gasteiger partial charge in [-0.1, -0.05) is 0 Å². The molecular formula is C6O12Sc2-6. The SMILES string of the molecule is O=C([O-])C(=O)[O-].O=C([O-])C(=O)[O-].O=C([O-])C(=O)[O-].[Sc].[Sc]. The molecule has 0 aliphatic rings. The number of carbonyl (C=O) groups excluding carboxylic acids is 6. The predicted molar refractivity (Wildman–Crippen MR) is 30.0 cm³/mol. The zero-order valence-electron chi connectivity index (χ0n) is 9.05. The van der Waals surface area contributed by atoms with Crippen LogP contribution in [-0.2, 0) is 80.5 Å². The van der Waals surface area contributed by atoms with Gasteiger partial charge in [0.25, 0.3) is 0 Å². The smallest absolute Gasteiger partial charge is 0.0870 e. The fourth-order valence-corrected chi connectivity index (χ4v) is 0. The van der Waals surface area contributed by atoms with E-state index in [2.05, 4.69) is 0 Å². The largest absolute Gasteiger partial charge is 0.543 e. The van der Waals surface area contributed by atoms with Crippen molar-refractivity contribution in [3.63, 3.8) is 0 Å². The molecule has 0 saturated heterocycles. The van der Waals surface area contributed by atoms with Crippen molar-refractivity contribution < 1.29 is 111 Å². The van der Waals surface area contributed by atoms with Gasteiger partial charge in [-0.15, -0.1) is 0 Å². The third-order valence-corrected chi connectivity index (χ3v) is 0.500. The fraction of sp³-hybridized carbons (Fsp3) is 0. The first-order chi connectivity index (χ1) is 7.93. The molecule has 12 nitrogen and oxygen atoms in total. The second kappa shape index (κ2) is 17.6. The summed E-state index contributed by atoms with van der Waals surface area (Å²) in [6.45, 7) is 0. The molecular weight excluding hydrogens is 354 g/mol. The molecule has 0 aliphatic carbocycles. The van der Waals surface area contributed by atoms with E-state index in [4.69, 9.17) is 59.4 Å². The van der Waals surface area contributed by atoms with E-state index in [0.29, 0.717) is 0 Å². The summed E-state index contributed by atoms with van der Waals surface area (Å²) in [7, 11) is 0. The van der Waals surface area contributed by atoms with Crippen molar-refractivity contribution in [2.24, 2.45) is 0 Å². The van der Waals surface area contributed by atoms with Crippen LogP contribution in [0.5, 0.6) is 0 Å². The Morgan fingerprint density at radius 3 is 0.400 bits per heavy atom. The first-order valence-corrected chi connectivity index (χ1v) is 3.20. The van der Waals surface area contributed by atoms with Gasteiger partial charge >= 0.3 is 0 Å². The molecule has 0 spiro atoms. The van der Waals surface area contributed by atoms with Crippen molar-refractivity contribution in [3.05, 3.63) is 0 Å². The second-order valence-corrected chi connectivity index (χ2v) is 1.72. The number of carboxylic acids is 6. The van der Waals surface area contributed by atoms with Gasteiger partial charge in [-0.25, -0.2) is 0 Å². The van der Waals surface area contributed by atoms with Crippen LogP contribution in [0.3, 0.4) is 0 Å². The fourth-order valence-electron chi connectivity index (χ4n) is 0. The number of hydrogen-bond acceptors (Lipinski definition) is 12. The van der Waals surface area contributed by atoms with Crippen LogP contribution in [0.2, 0.25) is 0 Å². The number of hydrogen-bond donors (Lipinski definition) is 0. The Morgan fingerprint density at radius 2 is 0.400 bits per heavy atom. The zero-order chi connectivity index (χ0) is 15.5. The van der Waals surface area contributed by atoms with Gasteiger partial charge in [0.15, 0.2) is 0 Å². The molecule has 0 fully saturated rings. The maximum absolute atomic E-state index is 8.93. The summed E-state index contributed by atoms with van der Waals surface area (Å²) in [5, 5.41) is 53.6. The minimum Gasteiger partial charge on any atom is -0.543 e. The van der Waals surface area contributed by atoms with Gasteiger partial charge < -0.3 is 59.4 Å². The summed E-state index contributed by atoms with van der Waals surface area (Å²) < 4.78 is 0. The van der Waals surface area contributed by atoms with Crippen LogP contribution in [0.15, 0.2) is 0 Å². The molecule has 0 aliphatic heterocycles. The quantitative estimate of drug-likeness (QED) is 0.368. The molecule has 0 atom stereocenters. The van der Waals surface area contributed by atoms with Crippen LogP contribution in [-0.4, -0.2) is 35.8 Å². The van der Waals surface area contributed by atoms with Crippen molar-refractivity contribution in [2.45, 2.75) is 0 Å². The summed E-state index contributed by atoms with van der Waals surface area (Å²) in [5.41, 5.74) is 0. The second-order valence-electron chi connectivity index (χ2n) is 1.72. The summed E-state index contributed by atoms with van der Waals surface area (Å²) in [4.78, 5) is 53.6. The average Bonchev–Trinajstić information content (AvgIpc) is 2.18. The molecule has 0 N–H and O–H groups in total. The zero-order valence-corrected chi connectivity index (χ0v) is 12.7. The van der Waals surface area contributed by atoms with Crippen LogP contribution < -0.4 is 30.6 Å². The van der Waals surface area contributed by atoms with E-state index in [1.165, 1.54) is 0 Å². The molecule has 0 aromatic carbocycles. The van der Waals surface area contributed by atoms with E-state index in [-0.39, 0.29) is 51.7 Å². The number of carbonyl (C=O) groups is 6. The molecule has 20 heavy (non-hydrogen) atoms. The standard InChI is InChI=1S/3C2H2O4.2Sc/c3*3-1(4)2(5)6;;/h3*(H,3,4)(H,5,6);;/p-6. The van der Waals surface area contributed by atoms with E-state index in [1.807, 2.05) is 0 Å². The monoisotopic (exact) mass is 354 g/mol. The predicted octanol–water partition coefficient (Wildman–Crippen LogP) is -10.5. The van der Waals surface area contributed by atoms with Gasteiger partial charge in [-0.2, -0.15) is 0 Å². The Kier molecular flexibility index (Phi) is 27.3. The molecule has 0 bridgehead atoms. The molecule has 2 radical (unpaired) electrons. The molecule has 108 valence electrons. The van der Waals surface area contributed by atoms with Crippen molar-refractivity contribution in [1.29, 1.82) is 0 Å². The number of rotatable bonds is 0. The van der Waals surface area contributed by atoms with Gasteiger partial charge in [0.05, 0.1) is 35.8 Å². The minimum atomic E-state index is -2.19. The molecule has 0 aromatic heterocycles. The van der Waals surface area contributed by atoms with Crippen molar-refractivity contribution in [2.75, 3.05) is 0 Å². The van der Waals surface area contributed by atoms with Gasteiger partial charge in [0, 0.05) is 51.7 Å². The third-order valence-electron chi connectivity index (χ3n) is 0.500. The van der Waals surface area contributed by atoms with Crippen LogP contribution >= 0.6 is 0 Å². The first-order valence-electron chi connectivity index (χ1n) is 3.20. The van der Waals surface area contributed by atoms with Crippen LogP contribution in [0.25, 0.3) is 0 Å². The topological polar surface area (TPSA) is 241 Å². The molecule has 14 heteroatoms. The summed E-state index contributed by atoms with van der Waals surface area (Å²) in [5.74, 6) is -13.1. The Bertz CT molecular complexity index is 281. The Labute approximate surface area is 146 Å². The maximum Gasteiger partial charge on any atom is 0.0870 e. The van der Waals surface area contributed by atoms with E-state index in [1.54, 1.807) is 0 Å². The van der Waals surface area contributed by atoms with Crippen LogP contribution in [0.1, 0.15) is 0 Å². The summed E-state index contributed by atoms with van der Waals surface area (Å²) in [6.07, 6.45) is 0. The van der Waals surface area contributed by atoms with E-state index < -0.39 is 35.8 Å². The maximum atomic E-state index is 8.93. The van der Waals surface area contributed by atoms with E-state index in [0.717, 1.165) is 0 Å². The van der Waals surface area contributed by atoms with Gasteiger partial charge in [-0.3, -0.25) is 0 Å². The van der Waals surface area contributed by atoms with Crippen molar-refractivity contribution >= 4 is 35.8 Å². The third kappa shape index (κ3) is 36.0. The first kappa shape index (κ1) is 31.1. The van der Waals surface area contributed by atoms with Crippen molar-refractivity contribution in [1.82, 2.24) is 0 Å². The molecule has 0 rings (SSSR count). The average molecular weight is 354 g/mol. The molecule has 0 heterocycles. The molecule has 0 saturated carbocycles. The van der Waals surface area contributed by atoms with Crippen LogP contribution in [0.4, 0.5) is 0 Å². The van der Waals surface area contributed by atoms with E-state index in [9.17, 15) is 0 Å². The Morgan fingerprint density at radius 1 is 0.350 bits per heavy atom.